The van der Waals surface area contributed by atoms with Crippen molar-refractivity contribution in [2.45, 2.75) is 25.4 Å². The predicted molar refractivity (Wildman–Crippen MR) is 61.9 cm³/mol. The van der Waals surface area contributed by atoms with Crippen LogP contribution in [0.15, 0.2) is 18.3 Å². The fraction of sp³-hybridized carbons (Fsp3) is 0.583. The second kappa shape index (κ2) is 5.70. The number of hydrogen-bond acceptors (Lipinski definition) is 4. The molecule has 1 aliphatic rings. The van der Waals surface area contributed by atoms with E-state index in [4.69, 9.17) is 9.47 Å². The monoisotopic (exact) mass is 222 g/mol. The van der Waals surface area contributed by atoms with Gasteiger partial charge in [-0.3, -0.25) is 0 Å². The van der Waals surface area contributed by atoms with E-state index in [1.165, 1.54) is 0 Å². The standard InChI is InChI=1S/C12H18N2O2/c1-15-11-5-8-14-12(9-11)16-10-3-2-6-13-7-4-10/h5,8-10,13H,2-4,6-7H2,1H3. The van der Waals surface area contributed by atoms with Gasteiger partial charge in [-0.2, -0.15) is 0 Å². The summed E-state index contributed by atoms with van der Waals surface area (Å²) in [5, 5.41) is 3.36. The van der Waals surface area contributed by atoms with Crippen molar-refractivity contribution < 1.29 is 9.47 Å². The van der Waals surface area contributed by atoms with E-state index in [-0.39, 0.29) is 6.10 Å². The molecule has 0 aliphatic carbocycles. The second-order valence-corrected chi connectivity index (χ2v) is 3.95. The number of nitrogens with zero attached hydrogens (tertiary/aromatic N) is 1. The maximum atomic E-state index is 5.85. The summed E-state index contributed by atoms with van der Waals surface area (Å²) in [6.45, 7) is 2.11. The summed E-state index contributed by atoms with van der Waals surface area (Å²) in [5.41, 5.74) is 0. The third kappa shape index (κ3) is 3.10. The first-order chi connectivity index (χ1) is 7.88. The fourth-order valence-corrected chi connectivity index (χ4v) is 1.86. The Morgan fingerprint density at radius 2 is 2.31 bits per heavy atom. The second-order valence-electron chi connectivity index (χ2n) is 3.95. The Hall–Kier alpha value is -1.29. The number of rotatable bonds is 3. The number of aromatic nitrogens is 1. The molecule has 88 valence electrons. The van der Waals surface area contributed by atoms with Gasteiger partial charge in [0.1, 0.15) is 11.9 Å². The van der Waals surface area contributed by atoms with Crippen molar-refractivity contribution in [2.24, 2.45) is 0 Å². The molecular weight excluding hydrogens is 204 g/mol. The van der Waals surface area contributed by atoms with E-state index in [9.17, 15) is 0 Å². The molecule has 0 saturated carbocycles. The van der Waals surface area contributed by atoms with Gasteiger partial charge in [-0.1, -0.05) is 0 Å². The molecule has 4 nitrogen and oxygen atoms in total. The topological polar surface area (TPSA) is 43.4 Å². The maximum Gasteiger partial charge on any atom is 0.217 e. The van der Waals surface area contributed by atoms with E-state index in [0.717, 1.165) is 38.1 Å². The van der Waals surface area contributed by atoms with E-state index < -0.39 is 0 Å². The van der Waals surface area contributed by atoms with Gasteiger partial charge in [-0.15, -0.1) is 0 Å². The average Bonchev–Trinajstić information content (AvgIpc) is 2.58. The molecule has 1 unspecified atom stereocenters. The van der Waals surface area contributed by atoms with Crippen molar-refractivity contribution in [1.29, 1.82) is 0 Å². The summed E-state index contributed by atoms with van der Waals surface area (Å²) in [6.07, 6.45) is 5.28. The predicted octanol–water partition coefficient (Wildman–Crippen LogP) is 1.61. The van der Waals surface area contributed by atoms with Gasteiger partial charge in [-0.25, -0.2) is 4.98 Å². The lowest BCUT2D eigenvalue weighted by Crippen LogP contribution is -2.19. The van der Waals surface area contributed by atoms with Crippen molar-refractivity contribution in [2.75, 3.05) is 20.2 Å². The molecule has 1 saturated heterocycles. The third-order valence-electron chi connectivity index (χ3n) is 2.75. The van der Waals surface area contributed by atoms with Crippen LogP contribution in [0, 0.1) is 0 Å². The van der Waals surface area contributed by atoms with E-state index in [0.29, 0.717) is 5.88 Å². The van der Waals surface area contributed by atoms with Gasteiger partial charge in [0.15, 0.2) is 0 Å². The molecule has 0 aromatic carbocycles. The summed E-state index contributed by atoms with van der Waals surface area (Å²) in [6, 6.07) is 3.65. The lowest BCUT2D eigenvalue weighted by atomic mass is 10.2. The molecule has 0 spiro atoms. The van der Waals surface area contributed by atoms with Crippen molar-refractivity contribution in [1.82, 2.24) is 10.3 Å². The van der Waals surface area contributed by atoms with E-state index in [1.807, 2.05) is 12.1 Å². The highest BCUT2D eigenvalue weighted by atomic mass is 16.5. The molecule has 2 heterocycles. The largest absolute Gasteiger partial charge is 0.497 e. The van der Waals surface area contributed by atoms with Crippen LogP contribution >= 0.6 is 0 Å². The van der Waals surface area contributed by atoms with Gasteiger partial charge >= 0.3 is 0 Å². The van der Waals surface area contributed by atoms with E-state index >= 15 is 0 Å². The molecule has 1 fully saturated rings. The third-order valence-corrected chi connectivity index (χ3v) is 2.75. The molecular formula is C12H18N2O2. The Labute approximate surface area is 96.0 Å². The van der Waals surface area contributed by atoms with Crippen LogP contribution in [0.4, 0.5) is 0 Å². The number of pyridine rings is 1. The molecule has 0 radical (unpaired) electrons. The van der Waals surface area contributed by atoms with E-state index in [1.54, 1.807) is 13.3 Å². The minimum atomic E-state index is 0.273. The molecule has 4 heteroatoms. The van der Waals surface area contributed by atoms with Gasteiger partial charge in [0.2, 0.25) is 5.88 Å². The molecule has 16 heavy (non-hydrogen) atoms. The van der Waals surface area contributed by atoms with Crippen molar-refractivity contribution in [3.05, 3.63) is 18.3 Å². The lowest BCUT2D eigenvalue weighted by molar-refractivity contribution is 0.179. The number of hydrogen-bond donors (Lipinski definition) is 1. The SMILES string of the molecule is COc1ccnc(OC2CCCNCC2)c1. The zero-order valence-corrected chi connectivity index (χ0v) is 9.61. The number of nitrogens with one attached hydrogen (secondary N) is 1. The number of ether oxygens (including phenoxy) is 2. The Morgan fingerprint density at radius 1 is 1.38 bits per heavy atom. The quantitative estimate of drug-likeness (QED) is 0.843. The van der Waals surface area contributed by atoms with Crippen LogP contribution in [0.2, 0.25) is 0 Å². The van der Waals surface area contributed by atoms with E-state index in [2.05, 4.69) is 10.3 Å². The van der Waals surface area contributed by atoms with Crippen molar-refractivity contribution in [3.63, 3.8) is 0 Å². The molecule has 1 aromatic rings. The van der Waals surface area contributed by atoms with Crippen LogP contribution in [-0.2, 0) is 0 Å². The summed E-state index contributed by atoms with van der Waals surface area (Å²) in [7, 11) is 1.65. The smallest absolute Gasteiger partial charge is 0.217 e. The molecule has 2 rings (SSSR count). The van der Waals surface area contributed by atoms with Crippen LogP contribution in [-0.4, -0.2) is 31.3 Å². The van der Waals surface area contributed by atoms with Crippen LogP contribution in [0.5, 0.6) is 11.6 Å². The molecule has 0 amide bonds. The van der Waals surface area contributed by atoms with Gasteiger partial charge in [0, 0.05) is 12.3 Å². The van der Waals surface area contributed by atoms with Crippen LogP contribution in [0.25, 0.3) is 0 Å². The molecule has 0 bridgehead atoms. The first-order valence-corrected chi connectivity index (χ1v) is 5.76. The summed E-state index contributed by atoms with van der Waals surface area (Å²) in [5.74, 6) is 1.45. The van der Waals surface area contributed by atoms with Crippen LogP contribution in [0.1, 0.15) is 19.3 Å². The zero-order chi connectivity index (χ0) is 11.2. The summed E-state index contributed by atoms with van der Waals surface area (Å²) in [4.78, 5) is 4.19. The summed E-state index contributed by atoms with van der Waals surface area (Å²) >= 11 is 0. The Balaban J connectivity index is 1.96. The minimum Gasteiger partial charge on any atom is -0.497 e. The van der Waals surface area contributed by atoms with Crippen LogP contribution < -0.4 is 14.8 Å². The first kappa shape index (κ1) is 11.2. The Bertz CT molecular complexity index is 323. The molecule has 1 N–H and O–H groups in total. The van der Waals surface area contributed by atoms with Gasteiger partial charge in [0.05, 0.1) is 7.11 Å². The highest BCUT2D eigenvalue weighted by Crippen LogP contribution is 2.19. The van der Waals surface area contributed by atoms with Crippen molar-refractivity contribution >= 4 is 0 Å². The Morgan fingerprint density at radius 3 is 3.19 bits per heavy atom. The zero-order valence-electron chi connectivity index (χ0n) is 9.61. The normalized spacial score (nSPS) is 21.2. The minimum absolute atomic E-state index is 0.273. The molecule has 1 aliphatic heterocycles. The lowest BCUT2D eigenvalue weighted by Gasteiger charge is -2.15. The fourth-order valence-electron chi connectivity index (χ4n) is 1.86. The average molecular weight is 222 g/mol. The highest BCUT2D eigenvalue weighted by molar-refractivity contribution is 5.26. The summed E-state index contributed by atoms with van der Waals surface area (Å²) < 4.78 is 11.0. The Kier molecular flexibility index (Phi) is 3.99. The first-order valence-electron chi connectivity index (χ1n) is 5.76. The van der Waals surface area contributed by atoms with Gasteiger partial charge in [-0.05, 0) is 38.4 Å². The highest BCUT2D eigenvalue weighted by Gasteiger charge is 2.13. The molecule has 1 atom stereocenters. The molecule has 1 aromatic heterocycles. The van der Waals surface area contributed by atoms with Crippen LogP contribution in [0.3, 0.4) is 0 Å². The van der Waals surface area contributed by atoms with Crippen molar-refractivity contribution in [3.8, 4) is 11.6 Å². The maximum absolute atomic E-state index is 5.85. The van der Waals surface area contributed by atoms with Gasteiger partial charge < -0.3 is 14.8 Å². The van der Waals surface area contributed by atoms with Gasteiger partial charge in [0.25, 0.3) is 0 Å². The number of methoxy groups -OCH3 is 1.